The molecule has 5 heteroatoms. The molecule has 1 aliphatic heterocycles. The summed E-state index contributed by atoms with van der Waals surface area (Å²) in [5.74, 6) is 0. The number of likely N-dealkylation sites (N-methyl/N-ethyl adjacent to an activating group) is 1. The Morgan fingerprint density at radius 2 is 2.24 bits per heavy atom. The Kier molecular flexibility index (Phi) is 6.77. The molecular weight excluding hydrogens is 307 g/mol. The Labute approximate surface area is 137 Å². The highest BCUT2D eigenvalue weighted by Crippen LogP contribution is 2.23. The molecule has 1 N–H and O–H groups in total. The van der Waals surface area contributed by atoms with Crippen LogP contribution in [-0.2, 0) is 11.2 Å². The first-order chi connectivity index (χ1) is 10.1. The summed E-state index contributed by atoms with van der Waals surface area (Å²) < 4.78 is 5.97. The lowest BCUT2D eigenvalue weighted by atomic mass is 10.00. The minimum absolute atomic E-state index is 0.196. The molecule has 118 valence electrons. The zero-order chi connectivity index (χ0) is 15.2. The van der Waals surface area contributed by atoms with Gasteiger partial charge in [-0.05, 0) is 44.1 Å². The molecule has 1 heterocycles. The van der Waals surface area contributed by atoms with Crippen LogP contribution in [0.25, 0.3) is 0 Å². The zero-order valence-electron chi connectivity index (χ0n) is 12.7. The third-order valence-electron chi connectivity index (χ3n) is 3.99. The topological polar surface area (TPSA) is 24.5 Å². The molecule has 2 atom stereocenters. The van der Waals surface area contributed by atoms with Crippen LogP contribution in [0.1, 0.15) is 18.9 Å². The fourth-order valence-corrected chi connectivity index (χ4v) is 3.32. The molecule has 1 saturated heterocycles. The summed E-state index contributed by atoms with van der Waals surface area (Å²) in [5.41, 5.74) is 1.11. The summed E-state index contributed by atoms with van der Waals surface area (Å²) in [4.78, 5) is 2.47. The molecule has 0 saturated carbocycles. The van der Waals surface area contributed by atoms with E-state index in [2.05, 4.69) is 17.1 Å². The van der Waals surface area contributed by atoms with Gasteiger partial charge in [-0.3, -0.25) is 4.90 Å². The summed E-state index contributed by atoms with van der Waals surface area (Å²) in [5, 5.41) is 4.78. The van der Waals surface area contributed by atoms with E-state index in [4.69, 9.17) is 27.9 Å². The average molecular weight is 331 g/mol. The average Bonchev–Trinajstić information content (AvgIpc) is 2.47. The number of rotatable bonds is 6. The van der Waals surface area contributed by atoms with Crippen LogP contribution in [0, 0.1) is 0 Å². The Balaban J connectivity index is 2.01. The van der Waals surface area contributed by atoms with Gasteiger partial charge < -0.3 is 10.1 Å². The van der Waals surface area contributed by atoms with Gasteiger partial charge in [0.2, 0.25) is 0 Å². The molecule has 3 nitrogen and oxygen atoms in total. The van der Waals surface area contributed by atoms with Crippen LogP contribution < -0.4 is 5.32 Å². The Hall–Kier alpha value is -0.320. The van der Waals surface area contributed by atoms with Gasteiger partial charge in [-0.1, -0.05) is 36.2 Å². The van der Waals surface area contributed by atoms with E-state index in [-0.39, 0.29) is 12.1 Å². The highest BCUT2D eigenvalue weighted by atomic mass is 35.5. The second-order valence-electron chi connectivity index (χ2n) is 5.54. The summed E-state index contributed by atoms with van der Waals surface area (Å²) in [7, 11) is 1.98. The van der Waals surface area contributed by atoms with Crippen LogP contribution in [0.4, 0.5) is 0 Å². The van der Waals surface area contributed by atoms with E-state index < -0.39 is 0 Å². The van der Waals surface area contributed by atoms with E-state index in [9.17, 15) is 0 Å². The number of hydrogen-bond donors (Lipinski definition) is 1. The standard InChI is InChI=1S/C16H24Cl2N2O/c1-3-6-20-7-8-21-16(11-20)15(19-2)9-12-4-5-13(17)10-14(12)18/h4-5,10,15-16,19H,3,6-9,11H2,1-2H3. The van der Waals surface area contributed by atoms with E-state index >= 15 is 0 Å². The van der Waals surface area contributed by atoms with Crippen LogP contribution in [0.15, 0.2) is 18.2 Å². The maximum absolute atomic E-state index is 6.28. The van der Waals surface area contributed by atoms with Gasteiger partial charge in [-0.2, -0.15) is 0 Å². The van der Waals surface area contributed by atoms with E-state index in [1.807, 2.05) is 19.2 Å². The minimum Gasteiger partial charge on any atom is -0.374 e. The number of benzene rings is 1. The van der Waals surface area contributed by atoms with Crippen molar-refractivity contribution < 1.29 is 4.74 Å². The summed E-state index contributed by atoms with van der Waals surface area (Å²) in [6, 6.07) is 5.95. The van der Waals surface area contributed by atoms with Gasteiger partial charge in [0.15, 0.2) is 0 Å². The first-order valence-corrected chi connectivity index (χ1v) is 8.34. The van der Waals surface area contributed by atoms with Crippen molar-refractivity contribution in [2.24, 2.45) is 0 Å². The predicted octanol–water partition coefficient (Wildman–Crippen LogP) is 3.23. The van der Waals surface area contributed by atoms with Crippen LogP contribution in [0.5, 0.6) is 0 Å². The molecule has 0 spiro atoms. The monoisotopic (exact) mass is 330 g/mol. The van der Waals surface area contributed by atoms with Crippen LogP contribution in [0.3, 0.4) is 0 Å². The molecule has 1 aliphatic rings. The van der Waals surface area contributed by atoms with Crippen molar-refractivity contribution in [2.45, 2.75) is 31.9 Å². The largest absolute Gasteiger partial charge is 0.374 e. The van der Waals surface area contributed by atoms with Gasteiger partial charge in [-0.15, -0.1) is 0 Å². The molecular formula is C16H24Cl2N2O. The van der Waals surface area contributed by atoms with E-state index in [1.54, 1.807) is 6.07 Å². The summed E-state index contributed by atoms with van der Waals surface area (Å²) in [6.07, 6.45) is 2.22. The number of ether oxygens (including phenoxy) is 1. The molecule has 2 rings (SSSR count). The Bertz CT molecular complexity index is 454. The first-order valence-electron chi connectivity index (χ1n) is 7.59. The van der Waals surface area contributed by atoms with E-state index in [1.165, 1.54) is 6.42 Å². The zero-order valence-corrected chi connectivity index (χ0v) is 14.3. The quantitative estimate of drug-likeness (QED) is 0.866. The highest BCUT2D eigenvalue weighted by molar-refractivity contribution is 6.35. The van der Waals surface area contributed by atoms with Crippen LogP contribution in [-0.4, -0.2) is 50.3 Å². The first kappa shape index (κ1) is 17.0. The molecule has 0 aromatic heterocycles. The lowest BCUT2D eigenvalue weighted by Gasteiger charge is -2.37. The van der Waals surface area contributed by atoms with Crippen LogP contribution >= 0.6 is 23.2 Å². The number of nitrogens with zero attached hydrogens (tertiary/aromatic N) is 1. The predicted molar refractivity (Wildman–Crippen MR) is 89.5 cm³/mol. The molecule has 1 aromatic rings. The van der Waals surface area contributed by atoms with Crippen molar-refractivity contribution in [2.75, 3.05) is 33.3 Å². The number of hydrogen-bond acceptors (Lipinski definition) is 3. The van der Waals surface area contributed by atoms with Gasteiger partial charge >= 0.3 is 0 Å². The molecule has 2 unspecified atom stereocenters. The van der Waals surface area contributed by atoms with Gasteiger partial charge in [-0.25, -0.2) is 0 Å². The number of halogens is 2. The summed E-state index contributed by atoms with van der Waals surface area (Å²) in [6.45, 7) is 6.16. The molecule has 21 heavy (non-hydrogen) atoms. The van der Waals surface area contributed by atoms with Crippen molar-refractivity contribution in [1.82, 2.24) is 10.2 Å². The highest BCUT2D eigenvalue weighted by Gasteiger charge is 2.27. The third kappa shape index (κ3) is 4.83. The second-order valence-corrected chi connectivity index (χ2v) is 6.39. The van der Waals surface area contributed by atoms with Crippen LogP contribution in [0.2, 0.25) is 10.0 Å². The van der Waals surface area contributed by atoms with Crippen molar-refractivity contribution in [3.05, 3.63) is 33.8 Å². The molecule has 1 fully saturated rings. The van der Waals surface area contributed by atoms with Gasteiger partial charge in [0, 0.05) is 29.2 Å². The lowest BCUT2D eigenvalue weighted by Crippen LogP contribution is -2.52. The number of morpholine rings is 1. The maximum Gasteiger partial charge on any atom is 0.0858 e. The molecule has 1 aromatic carbocycles. The SMILES string of the molecule is CCCN1CCOC(C(Cc2ccc(Cl)cc2Cl)NC)C1. The number of nitrogens with one attached hydrogen (secondary N) is 1. The van der Waals surface area contributed by atoms with Crippen molar-refractivity contribution in [3.8, 4) is 0 Å². The third-order valence-corrected chi connectivity index (χ3v) is 4.58. The minimum atomic E-state index is 0.196. The molecule has 0 amide bonds. The van der Waals surface area contributed by atoms with E-state index in [0.717, 1.165) is 43.2 Å². The van der Waals surface area contributed by atoms with Crippen molar-refractivity contribution in [3.63, 3.8) is 0 Å². The van der Waals surface area contributed by atoms with Gasteiger partial charge in [0.25, 0.3) is 0 Å². The van der Waals surface area contributed by atoms with Gasteiger partial charge in [0.1, 0.15) is 0 Å². The van der Waals surface area contributed by atoms with Crippen molar-refractivity contribution >= 4 is 23.2 Å². The molecule has 0 aliphatic carbocycles. The Morgan fingerprint density at radius 3 is 2.90 bits per heavy atom. The lowest BCUT2D eigenvalue weighted by molar-refractivity contribution is -0.0450. The maximum atomic E-state index is 6.28. The fraction of sp³-hybridized carbons (Fsp3) is 0.625. The normalized spacial score (nSPS) is 21.4. The van der Waals surface area contributed by atoms with Crippen molar-refractivity contribution in [1.29, 1.82) is 0 Å². The van der Waals surface area contributed by atoms with Gasteiger partial charge in [0.05, 0.1) is 12.7 Å². The smallest absolute Gasteiger partial charge is 0.0858 e. The summed E-state index contributed by atoms with van der Waals surface area (Å²) >= 11 is 12.2. The molecule has 0 bridgehead atoms. The fourth-order valence-electron chi connectivity index (χ4n) is 2.84. The molecule has 0 radical (unpaired) electrons. The van der Waals surface area contributed by atoms with E-state index in [0.29, 0.717) is 5.02 Å². The Morgan fingerprint density at radius 1 is 1.43 bits per heavy atom. The second kappa shape index (κ2) is 8.35.